The first kappa shape index (κ1) is 18.6. The lowest BCUT2D eigenvalue weighted by Crippen LogP contribution is -2.50. The van der Waals surface area contributed by atoms with Crippen LogP contribution in [0.5, 0.6) is 0 Å². The number of carbonyl (C=O) groups excluding carboxylic acids is 2. The Labute approximate surface area is 168 Å². The van der Waals surface area contributed by atoms with Crippen molar-refractivity contribution in [2.45, 2.75) is 32.1 Å². The molecule has 27 heavy (non-hydrogen) atoms. The highest BCUT2D eigenvalue weighted by molar-refractivity contribution is 6.39. The molecule has 4 rings (SSSR count). The highest BCUT2D eigenvalue weighted by atomic mass is 35.5. The summed E-state index contributed by atoms with van der Waals surface area (Å²) in [6, 6.07) is 5.34. The number of benzene rings is 1. The quantitative estimate of drug-likeness (QED) is 0.822. The Morgan fingerprint density at radius 1 is 1.04 bits per heavy atom. The van der Waals surface area contributed by atoms with Gasteiger partial charge in [-0.25, -0.2) is 0 Å². The van der Waals surface area contributed by atoms with Crippen molar-refractivity contribution in [2.75, 3.05) is 26.2 Å². The van der Waals surface area contributed by atoms with E-state index in [0.717, 1.165) is 10.9 Å². The number of piperazine rings is 1. The predicted molar refractivity (Wildman–Crippen MR) is 107 cm³/mol. The van der Waals surface area contributed by atoms with E-state index >= 15 is 0 Å². The molecule has 0 unspecified atom stereocenters. The van der Waals surface area contributed by atoms with Crippen molar-refractivity contribution in [3.8, 4) is 0 Å². The van der Waals surface area contributed by atoms with E-state index < -0.39 is 0 Å². The summed E-state index contributed by atoms with van der Waals surface area (Å²) in [4.78, 5) is 32.2. The number of rotatable bonds is 3. The van der Waals surface area contributed by atoms with Crippen LogP contribution >= 0.6 is 23.2 Å². The molecule has 1 aromatic heterocycles. The summed E-state index contributed by atoms with van der Waals surface area (Å²) in [5.41, 5.74) is 1.18. The van der Waals surface area contributed by atoms with Gasteiger partial charge in [-0.3, -0.25) is 9.59 Å². The van der Waals surface area contributed by atoms with Crippen molar-refractivity contribution in [3.63, 3.8) is 0 Å². The minimum absolute atomic E-state index is 0.129. The van der Waals surface area contributed by atoms with Crippen molar-refractivity contribution >= 4 is 45.9 Å². The molecule has 144 valence electrons. The molecule has 1 aliphatic heterocycles. The van der Waals surface area contributed by atoms with E-state index in [0.29, 0.717) is 54.3 Å². The van der Waals surface area contributed by atoms with Gasteiger partial charge in [-0.05, 0) is 37.0 Å². The molecule has 2 heterocycles. The lowest BCUT2D eigenvalue weighted by atomic mass is 10.0. The number of nitrogens with zero attached hydrogens (tertiary/aromatic N) is 2. The number of aromatic nitrogens is 1. The summed E-state index contributed by atoms with van der Waals surface area (Å²) in [5, 5.41) is 1.73. The highest BCUT2D eigenvalue weighted by Gasteiger charge is 2.29. The van der Waals surface area contributed by atoms with E-state index in [1.807, 2.05) is 11.0 Å². The van der Waals surface area contributed by atoms with Crippen molar-refractivity contribution in [2.24, 2.45) is 5.92 Å². The Kier molecular flexibility index (Phi) is 5.33. The Balaban J connectivity index is 1.40. The summed E-state index contributed by atoms with van der Waals surface area (Å²) in [6.07, 6.45) is 5.50. The molecule has 1 saturated heterocycles. The Bertz CT molecular complexity index is 865. The molecular formula is C20H23Cl2N3O2. The minimum Gasteiger partial charge on any atom is -0.349 e. The van der Waals surface area contributed by atoms with Gasteiger partial charge in [-0.1, -0.05) is 36.0 Å². The van der Waals surface area contributed by atoms with Crippen LogP contribution in [0.4, 0.5) is 0 Å². The SMILES string of the molecule is O=C(CC1CCCC1)N1CCN(C(=O)c2[nH]c3ccc(Cl)cc3c2Cl)CC1. The molecule has 0 radical (unpaired) electrons. The number of hydrogen-bond acceptors (Lipinski definition) is 2. The minimum atomic E-state index is -0.129. The van der Waals surface area contributed by atoms with Gasteiger partial charge in [0.05, 0.1) is 5.02 Å². The average Bonchev–Trinajstić information content (AvgIpc) is 3.29. The molecule has 1 aromatic carbocycles. The van der Waals surface area contributed by atoms with E-state index in [-0.39, 0.29) is 11.8 Å². The lowest BCUT2D eigenvalue weighted by molar-refractivity contribution is -0.133. The van der Waals surface area contributed by atoms with Crippen molar-refractivity contribution < 1.29 is 9.59 Å². The average molecular weight is 408 g/mol. The molecule has 1 aliphatic carbocycles. The van der Waals surface area contributed by atoms with Crippen LogP contribution in [0.1, 0.15) is 42.6 Å². The second-order valence-corrected chi connectivity index (χ2v) is 8.35. The molecule has 2 aliphatic rings. The van der Waals surface area contributed by atoms with Crippen LogP contribution < -0.4 is 0 Å². The van der Waals surface area contributed by atoms with Crippen molar-refractivity contribution in [1.29, 1.82) is 0 Å². The zero-order chi connectivity index (χ0) is 19.0. The van der Waals surface area contributed by atoms with E-state index in [2.05, 4.69) is 4.98 Å². The van der Waals surface area contributed by atoms with Crippen LogP contribution in [0.2, 0.25) is 10.0 Å². The van der Waals surface area contributed by atoms with Crippen LogP contribution in [-0.2, 0) is 4.79 Å². The molecule has 0 atom stereocenters. The third-order valence-electron chi connectivity index (χ3n) is 5.77. The fourth-order valence-electron chi connectivity index (χ4n) is 4.19. The van der Waals surface area contributed by atoms with Crippen LogP contribution in [0.3, 0.4) is 0 Å². The van der Waals surface area contributed by atoms with Gasteiger partial charge in [-0.2, -0.15) is 0 Å². The largest absolute Gasteiger partial charge is 0.349 e. The van der Waals surface area contributed by atoms with Gasteiger partial charge >= 0.3 is 0 Å². The monoisotopic (exact) mass is 407 g/mol. The van der Waals surface area contributed by atoms with Crippen LogP contribution in [0, 0.1) is 5.92 Å². The predicted octanol–water partition coefficient (Wildman–Crippen LogP) is 4.34. The van der Waals surface area contributed by atoms with Crippen molar-refractivity contribution in [3.05, 3.63) is 33.9 Å². The van der Waals surface area contributed by atoms with E-state index in [9.17, 15) is 9.59 Å². The molecule has 1 saturated carbocycles. The maximum absolute atomic E-state index is 12.9. The fourth-order valence-corrected chi connectivity index (χ4v) is 4.64. The van der Waals surface area contributed by atoms with Gasteiger partial charge in [0.25, 0.3) is 5.91 Å². The zero-order valence-corrected chi connectivity index (χ0v) is 16.7. The Morgan fingerprint density at radius 3 is 2.41 bits per heavy atom. The number of halogens is 2. The number of hydrogen-bond donors (Lipinski definition) is 1. The van der Waals surface area contributed by atoms with Crippen LogP contribution in [-0.4, -0.2) is 52.8 Å². The summed E-state index contributed by atoms with van der Waals surface area (Å²) in [6.45, 7) is 2.23. The van der Waals surface area contributed by atoms with Gasteiger partial charge in [0.1, 0.15) is 5.69 Å². The second-order valence-electron chi connectivity index (χ2n) is 7.53. The van der Waals surface area contributed by atoms with Gasteiger partial charge in [0, 0.05) is 48.5 Å². The van der Waals surface area contributed by atoms with Gasteiger partial charge in [0.15, 0.2) is 0 Å². The summed E-state index contributed by atoms with van der Waals surface area (Å²) in [7, 11) is 0. The summed E-state index contributed by atoms with van der Waals surface area (Å²) in [5.74, 6) is 0.650. The van der Waals surface area contributed by atoms with Crippen molar-refractivity contribution in [1.82, 2.24) is 14.8 Å². The molecule has 7 heteroatoms. The van der Waals surface area contributed by atoms with E-state index in [1.54, 1.807) is 17.0 Å². The fraction of sp³-hybridized carbons (Fsp3) is 0.500. The molecule has 5 nitrogen and oxygen atoms in total. The Morgan fingerprint density at radius 2 is 1.70 bits per heavy atom. The van der Waals surface area contributed by atoms with Gasteiger partial charge < -0.3 is 14.8 Å². The smallest absolute Gasteiger partial charge is 0.271 e. The summed E-state index contributed by atoms with van der Waals surface area (Å²) >= 11 is 12.4. The van der Waals surface area contributed by atoms with Gasteiger partial charge in [0.2, 0.25) is 5.91 Å². The molecule has 0 bridgehead atoms. The zero-order valence-electron chi connectivity index (χ0n) is 15.1. The van der Waals surface area contributed by atoms with E-state index in [4.69, 9.17) is 23.2 Å². The highest BCUT2D eigenvalue weighted by Crippen LogP contribution is 2.31. The molecule has 1 N–H and O–H groups in total. The van der Waals surface area contributed by atoms with E-state index in [1.165, 1.54) is 25.7 Å². The van der Waals surface area contributed by atoms with Crippen LogP contribution in [0.25, 0.3) is 10.9 Å². The first-order chi connectivity index (χ1) is 13.0. The number of aromatic amines is 1. The maximum atomic E-state index is 12.9. The molecule has 0 spiro atoms. The standard InChI is InChI=1S/C20H23Cl2N3O2/c21-14-5-6-16-15(12-14)18(22)19(23-16)20(27)25-9-7-24(8-10-25)17(26)11-13-3-1-2-4-13/h5-6,12-13,23H,1-4,7-11H2. The third-order valence-corrected chi connectivity index (χ3v) is 6.40. The molecule has 2 aromatic rings. The first-order valence-corrected chi connectivity index (χ1v) is 10.3. The maximum Gasteiger partial charge on any atom is 0.271 e. The number of nitrogens with one attached hydrogen (secondary N) is 1. The number of carbonyl (C=O) groups is 2. The number of fused-ring (bicyclic) bond motifs is 1. The number of H-pyrrole nitrogens is 1. The molecule has 2 amide bonds. The second kappa shape index (κ2) is 7.72. The van der Waals surface area contributed by atoms with Gasteiger partial charge in [-0.15, -0.1) is 0 Å². The lowest BCUT2D eigenvalue weighted by Gasteiger charge is -2.35. The first-order valence-electron chi connectivity index (χ1n) is 9.56. The van der Waals surface area contributed by atoms with Crippen LogP contribution in [0.15, 0.2) is 18.2 Å². The Hall–Kier alpha value is -1.72. The topological polar surface area (TPSA) is 56.4 Å². The normalized spacial score (nSPS) is 18.4. The molecule has 2 fully saturated rings. The third kappa shape index (κ3) is 3.81. The summed E-state index contributed by atoms with van der Waals surface area (Å²) < 4.78 is 0. The number of amides is 2. The molecular weight excluding hydrogens is 385 g/mol.